The summed E-state index contributed by atoms with van der Waals surface area (Å²) < 4.78 is 0. The zero-order chi connectivity index (χ0) is 28.6. The van der Waals surface area contributed by atoms with Crippen LogP contribution in [-0.2, 0) is 4.79 Å². The Balaban J connectivity index is 1.61. The molecule has 0 unspecified atom stereocenters. The van der Waals surface area contributed by atoms with Gasteiger partial charge < -0.3 is 20.5 Å². The number of H-pyrrole nitrogens is 1. The van der Waals surface area contributed by atoms with Gasteiger partial charge in [0.25, 0.3) is 5.91 Å². The number of allylic oxidation sites excluding steroid dienone is 1. The minimum absolute atomic E-state index is 0.0706. The first kappa shape index (κ1) is 29.0. The Morgan fingerprint density at radius 2 is 1.82 bits per heavy atom. The summed E-state index contributed by atoms with van der Waals surface area (Å²) in [6.07, 6.45) is 2.72. The van der Waals surface area contributed by atoms with Crippen LogP contribution in [0.2, 0.25) is 0 Å². The predicted molar refractivity (Wildman–Crippen MR) is 167 cm³/mol. The number of aromatic amines is 1. The minimum Gasteiger partial charge on any atom is -0.358 e. The monoisotopic (exact) mass is 555 g/mol. The van der Waals surface area contributed by atoms with Gasteiger partial charge in [-0.1, -0.05) is 50.2 Å². The third kappa shape index (κ3) is 6.58. The Kier molecular flexibility index (Phi) is 9.69. The molecule has 0 spiro atoms. The summed E-state index contributed by atoms with van der Waals surface area (Å²) in [5.41, 5.74) is 8.73. The van der Waals surface area contributed by atoms with Crippen LogP contribution in [0.3, 0.4) is 0 Å². The van der Waals surface area contributed by atoms with Gasteiger partial charge >= 0.3 is 0 Å². The van der Waals surface area contributed by atoms with Gasteiger partial charge in [-0.05, 0) is 63.2 Å². The van der Waals surface area contributed by atoms with Crippen molar-refractivity contribution in [1.82, 2.24) is 20.2 Å². The zero-order valence-electron chi connectivity index (χ0n) is 23.8. The highest BCUT2D eigenvalue weighted by atomic mass is 32.1. The fourth-order valence-corrected chi connectivity index (χ4v) is 5.68. The largest absolute Gasteiger partial charge is 0.358 e. The van der Waals surface area contributed by atoms with Crippen molar-refractivity contribution in [2.75, 3.05) is 31.5 Å². The molecule has 2 aromatic heterocycles. The number of carbonyl (C=O) groups excluding carboxylic acids is 2. The average Bonchev–Trinajstić information content (AvgIpc) is 3.56. The fourth-order valence-electron chi connectivity index (χ4n) is 4.85. The highest BCUT2D eigenvalue weighted by Crippen LogP contribution is 2.34. The lowest BCUT2D eigenvalue weighted by molar-refractivity contribution is -0.105. The smallest absolute Gasteiger partial charge is 0.253 e. The topological polar surface area (TPSA) is 90.1 Å². The van der Waals surface area contributed by atoms with Gasteiger partial charge in [0.1, 0.15) is 5.01 Å². The molecule has 2 amide bonds. The maximum absolute atomic E-state index is 13.0. The number of hydrogen-bond acceptors (Lipinski definition) is 5. The van der Waals surface area contributed by atoms with Gasteiger partial charge in [-0.15, -0.1) is 11.3 Å². The number of nitrogens with one attached hydrogen (secondary N) is 3. The van der Waals surface area contributed by atoms with Crippen molar-refractivity contribution in [1.29, 1.82) is 0 Å². The molecule has 0 radical (unpaired) electrons. The maximum atomic E-state index is 13.0. The molecule has 2 aromatic carbocycles. The number of thiazole rings is 1. The summed E-state index contributed by atoms with van der Waals surface area (Å²) in [6, 6.07) is 16.0. The number of aromatic nitrogens is 2. The molecule has 0 aliphatic carbocycles. The SMILES string of the molecule is CCN(CC)CCNC(=O)c1c(C)[nH]c(/C=C(\C)c2cc(-c3csc(-c4ccccc4)n3)ccc2NC=O)c1C. The van der Waals surface area contributed by atoms with E-state index >= 15 is 0 Å². The molecule has 0 aliphatic heterocycles. The van der Waals surface area contributed by atoms with Crippen LogP contribution in [0.5, 0.6) is 0 Å². The van der Waals surface area contributed by atoms with Crippen LogP contribution in [0, 0.1) is 13.8 Å². The lowest BCUT2D eigenvalue weighted by Gasteiger charge is -2.18. The molecule has 0 fully saturated rings. The van der Waals surface area contributed by atoms with E-state index in [2.05, 4.69) is 51.9 Å². The molecule has 0 atom stereocenters. The van der Waals surface area contributed by atoms with Crippen LogP contribution < -0.4 is 10.6 Å². The summed E-state index contributed by atoms with van der Waals surface area (Å²) in [5.74, 6) is -0.0706. The molecule has 3 N–H and O–H groups in total. The van der Waals surface area contributed by atoms with Crippen LogP contribution in [-0.4, -0.2) is 53.4 Å². The number of aryl methyl sites for hydroxylation is 1. The molecule has 0 saturated carbocycles. The van der Waals surface area contributed by atoms with E-state index in [1.54, 1.807) is 11.3 Å². The van der Waals surface area contributed by atoms with E-state index in [0.29, 0.717) is 24.2 Å². The second-order valence-electron chi connectivity index (χ2n) is 9.70. The number of hydrogen-bond donors (Lipinski definition) is 3. The Morgan fingerprint density at radius 1 is 1.07 bits per heavy atom. The molecular weight excluding hydrogens is 518 g/mol. The number of nitrogens with zero attached hydrogens (tertiary/aromatic N) is 2. The van der Waals surface area contributed by atoms with Crippen LogP contribution in [0.25, 0.3) is 33.5 Å². The van der Waals surface area contributed by atoms with Crippen molar-refractivity contribution in [2.45, 2.75) is 34.6 Å². The van der Waals surface area contributed by atoms with Crippen LogP contribution in [0.15, 0.2) is 53.9 Å². The highest BCUT2D eigenvalue weighted by molar-refractivity contribution is 7.13. The van der Waals surface area contributed by atoms with E-state index in [9.17, 15) is 9.59 Å². The third-order valence-electron chi connectivity index (χ3n) is 7.15. The summed E-state index contributed by atoms with van der Waals surface area (Å²) in [6.45, 7) is 13.5. The van der Waals surface area contributed by atoms with Gasteiger partial charge in [-0.3, -0.25) is 9.59 Å². The minimum atomic E-state index is -0.0706. The fraction of sp³-hybridized carbons (Fsp3) is 0.281. The first-order valence-corrected chi connectivity index (χ1v) is 14.5. The van der Waals surface area contributed by atoms with E-state index in [1.165, 1.54) is 0 Å². The molecular formula is C32H37N5O2S. The van der Waals surface area contributed by atoms with Crippen LogP contribution >= 0.6 is 11.3 Å². The molecule has 2 heterocycles. The Labute approximate surface area is 240 Å². The van der Waals surface area contributed by atoms with E-state index in [1.807, 2.05) is 63.2 Å². The van der Waals surface area contributed by atoms with Crippen LogP contribution in [0.4, 0.5) is 5.69 Å². The maximum Gasteiger partial charge on any atom is 0.253 e. The van der Waals surface area contributed by atoms with Crippen molar-refractivity contribution in [3.63, 3.8) is 0 Å². The second-order valence-corrected chi connectivity index (χ2v) is 10.6. The summed E-state index contributed by atoms with van der Waals surface area (Å²) in [7, 11) is 0. The van der Waals surface area contributed by atoms with Crippen LogP contribution in [0.1, 0.15) is 53.6 Å². The summed E-state index contributed by atoms with van der Waals surface area (Å²) in [5, 5.41) is 8.90. The van der Waals surface area contributed by atoms with E-state index in [4.69, 9.17) is 4.98 Å². The lowest BCUT2D eigenvalue weighted by atomic mass is 9.99. The van der Waals surface area contributed by atoms with Gasteiger partial charge in [-0.25, -0.2) is 4.98 Å². The van der Waals surface area contributed by atoms with Crippen molar-refractivity contribution in [3.8, 4) is 21.8 Å². The molecule has 7 nitrogen and oxygen atoms in total. The standard InChI is InChI=1S/C32H37N5O2S/c1-6-37(7-2)16-15-33-31(39)30-22(4)28(35-23(30)5)17-21(3)26-18-25(13-14-27(26)34-20-38)29-19-40-32(36-29)24-11-9-8-10-12-24/h8-14,17-20,35H,6-7,15-16H2,1-5H3,(H,33,39)(H,34,38)/b21-17+. The molecule has 208 valence electrons. The normalized spacial score (nSPS) is 11.6. The number of rotatable bonds is 12. The second kappa shape index (κ2) is 13.4. The number of benzene rings is 2. The third-order valence-corrected chi connectivity index (χ3v) is 8.04. The molecule has 8 heteroatoms. The first-order valence-electron chi connectivity index (χ1n) is 13.6. The van der Waals surface area contributed by atoms with Gasteiger partial charge in [-0.2, -0.15) is 0 Å². The number of amides is 2. The Morgan fingerprint density at radius 3 is 2.52 bits per heavy atom. The van der Waals surface area contributed by atoms with E-state index < -0.39 is 0 Å². The predicted octanol–water partition coefficient (Wildman–Crippen LogP) is 6.62. The van der Waals surface area contributed by atoms with Gasteiger partial charge in [0, 0.05) is 52.2 Å². The van der Waals surface area contributed by atoms with Crippen molar-refractivity contribution < 1.29 is 9.59 Å². The van der Waals surface area contributed by atoms with Crippen molar-refractivity contribution in [2.24, 2.45) is 0 Å². The molecule has 40 heavy (non-hydrogen) atoms. The van der Waals surface area contributed by atoms with Gasteiger partial charge in [0.2, 0.25) is 6.41 Å². The average molecular weight is 556 g/mol. The summed E-state index contributed by atoms with van der Waals surface area (Å²) >= 11 is 1.60. The number of anilines is 1. The van der Waals surface area contributed by atoms with E-state index in [-0.39, 0.29) is 5.91 Å². The highest BCUT2D eigenvalue weighted by Gasteiger charge is 2.18. The molecule has 0 saturated heterocycles. The number of carbonyl (C=O) groups is 2. The lowest BCUT2D eigenvalue weighted by Crippen LogP contribution is -2.35. The molecule has 0 bridgehead atoms. The Hall–Kier alpha value is -4.01. The zero-order valence-corrected chi connectivity index (χ0v) is 24.6. The number of likely N-dealkylation sites (N-methyl/N-ethyl adjacent to an activating group) is 1. The van der Waals surface area contributed by atoms with Gasteiger partial charge in [0.15, 0.2) is 0 Å². The Bertz CT molecular complexity index is 1500. The molecule has 0 aliphatic rings. The first-order chi connectivity index (χ1) is 19.4. The van der Waals surface area contributed by atoms with Gasteiger partial charge in [0.05, 0.1) is 11.3 Å². The quantitative estimate of drug-likeness (QED) is 0.171. The van der Waals surface area contributed by atoms with E-state index in [0.717, 1.165) is 69.6 Å². The van der Waals surface area contributed by atoms with Crippen molar-refractivity contribution >= 4 is 41.0 Å². The molecule has 4 aromatic rings. The molecule has 4 rings (SSSR count). The van der Waals surface area contributed by atoms with Crippen molar-refractivity contribution in [3.05, 3.63) is 82.0 Å². The summed E-state index contributed by atoms with van der Waals surface area (Å²) in [4.78, 5) is 34.9.